The molecule has 0 bridgehead atoms. The van der Waals surface area contributed by atoms with Crippen molar-refractivity contribution >= 4 is 6.29 Å². The van der Waals surface area contributed by atoms with Crippen molar-refractivity contribution in [3.05, 3.63) is 59.0 Å². The topological polar surface area (TPSA) is 50.4 Å². The van der Waals surface area contributed by atoms with E-state index in [2.05, 4.69) is 0 Å². The van der Waals surface area contributed by atoms with Crippen LogP contribution in [0.3, 0.4) is 0 Å². The summed E-state index contributed by atoms with van der Waals surface area (Å²) in [5.41, 5.74) is -0.290. The number of aldehydes is 1. The lowest BCUT2D eigenvalue weighted by Gasteiger charge is -2.11. The Morgan fingerprint density at radius 1 is 1.30 bits per heavy atom. The lowest BCUT2D eigenvalue weighted by atomic mass is 10.0. The molecule has 1 atom stereocenters. The molecule has 1 aromatic heterocycles. The first-order valence-corrected chi connectivity index (χ1v) is 5.78. The van der Waals surface area contributed by atoms with E-state index in [1.165, 1.54) is 24.5 Å². The summed E-state index contributed by atoms with van der Waals surface area (Å²) in [6.45, 7) is 0. The number of benzene rings is 1. The van der Waals surface area contributed by atoms with Gasteiger partial charge in [-0.3, -0.25) is 4.79 Å². The van der Waals surface area contributed by atoms with Crippen molar-refractivity contribution in [3.8, 4) is 0 Å². The summed E-state index contributed by atoms with van der Waals surface area (Å²) in [4.78, 5) is 10.7. The molecule has 0 amide bonds. The fourth-order valence-electron chi connectivity index (χ4n) is 1.89. The second-order valence-corrected chi connectivity index (χ2v) is 4.28. The van der Waals surface area contributed by atoms with Crippen LogP contribution in [-0.2, 0) is 12.6 Å². The number of carbonyl (C=O) groups is 1. The molecule has 0 fully saturated rings. The predicted molar refractivity (Wildman–Crippen MR) is 64.2 cm³/mol. The zero-order chi connectivity index (χ0) is 14.8. The average molecular weight is 284 g/mol. The van der Waals surface area contributed by atoms with Crippen LogP contribution in [-0.4, -0.2) is 11.4 Å². The SMILES string of the molecule is O=Cc1ccoc1[C@@H](O)Cc1cccc(C(F)(F)F)c1. The van der Waals surface area contributed by atoms with Gasteiger partial charge in [-0.2, -0.15) is 13.2 Å². The first kappa shape index (κ1) is 14.3. The Morgan fingerprint density at radius 3 is 2.70 bits per heavy atom. The summed E-state index contributed by atoms with van der Waals surface area (Å²) in [7, 11) is 0. The fraction of sp³-hybridized carbons (Fsp3) is 0.214. The van der Waals surface area contributed by atoms with Gasteiger partial charge in [-0.05, 0) is 17.7 Å². The molecule has 0 radical (unpaired) electrons. The molecule has 1 aromatic carbocycles. The lowest BCUT2D eigenvalue weighted by Crippen LogP contribution is -2.07. The van der Waals surface area contributed by atoms with Crippen molar-refractivity contribution in [1.82, 2.24) is 0 Å². The molecule has 0 aliphatic carbocycles. The zero-order valence-electron chi connectivity index (χ0n) is 10.2. The van der Waals surface area contributed by atoms with Crippen molar-refractivity contribution in [2.75, 3.05) is 0 Å². The Balaban J connectivity index is 2.20. The van der Waals surface area contributed by atoms with Crippen LogP contribution in [0.5, 0.6) is 0 Å². The number of alkyl halides is 3. The van der Waals surface area contributed by atoms with Gasteiger partial charge >= 0.3 is 6.18 Å². The predicted octanol–water partition coefficient (Wildman–Crippen LogP) is 3.39. The Hall–Kier alpha value is -2.08. The summed E-state index contributed by atoms with van der Waals surface area (Å²) in [5.74, 6) is 0.0532. The van der Waals surface area contributed by atoms with Gasteiger partial charge in [0.15, 0.2) is 6.29 Å². The molecule has 2 rings (SSSR count). The van der Waals surface area contributed by atoms with E-state index in [0.29, 0.717) is 11.8 Å². The molecule has 0 aliphatic heterocycles. The lowest BCUT2D eigenvalue weighted by molar-refractivity contribution is -0.137. The average Bonchev–Trinajstić information content (AvgIpc) is 2.86. The van der Waals surface area contributed by atoms with Gasteiger partial charge in [0, 0.05) is 6.42 Å². The van der Waals surface area contributed by atoms with Crippen LogP contribution in [0.1, 0.15) is 33.3 Å². The first-order chi connectivity index (χ1) is 9.41. The Morgan fingerprint density at radius 2 is 2.05 bits per heavy atom. The maximum absolute atomic E-state index is 12.6. The van der Waals surface area contributed by atoms with Crippen molar-refractivity contribution < 1.29 is 27.5 Å². The number of aliphatic hydroxyl groups is 1. The first-order valence-electron chi connectivity index (χ1n) is 5.78. The zero-order valence-corrected chi connectivity index (χ0v) is 10.2. The molecular formula is C14H11F3O3. The maximum atomic E-state index is 12.6. The van der Waals surface area contributed by atoms with E-state index in [9.17, 15) is 23.1 Å². The number of aliphatic hydroxyl groups excluding tert-OH is 1. The number of hydrogen-bond acceptors (Lipinski definition) is 3. The third-order valence-corrected chi connectivity index (χ3v) is 2.84. The molecule has 20 heavy (non-hydrogen) atoms. The molecule has 0 spiro atoms. The van der Waals surface area contributed by atoms with Crippen LogP contribution >= 0.6 is 0 Å². The third kappa shape index (κ3) is 3.08. The van der Waals surface area contributed by atoms with E-state index in [4.69, 9.17) is 4.42 Å². The minimum atomic E-state index is -4.43. The van der Waals surface area contributed by atoms with Gasteiger partial charge in [0.2, 0.25) is 0 Å². The van der Waals surface area contributed by atoms with Crippen LogP contribution in [0.15, 0.2) is 41.0 Å². The minimum Gasteiger partial charge on any atom is -0.466 e. The molecule has 2 aromatic rings. The van der Waals surface area contributed by atoms with Crippen molar-refractivity contribution in [2.24, 2.45) is 0 Å². The number of hydrogen-bond donors (Lipinski definition) is 1. The quantitative estimate of drug-likeness (QED) is 0.875. The fourth-order valence-corrected chi connectivity index (χ4v) is 1.89. The summed E-state index contributed by atoms with van der Waals surface area (Å²) in [6.07, 6.45) is -3.91. The molecule has 0 saturated carbocycles. The standard InChI is InChI=1S/C14H11F3O3/c15-14(16,17)11-3-1-2-9(6-11)7-12(19)13-10(8-18)4-5-20-13/h1-6,8,12,19H,7H2/t12-/m0/s1. The van der Waals surface area contributed by atoms with E-state index >= 15 is 0 Å². The van der Waals surface area contributed by atoms with Gasteiger partial charge in [0.25, 0.3) is 0 Å². The normalized spacial score (nSPS) is 13.2. The molecule has 6 heteroatoms. The number of furan rings is 1. The Kier molecular flexibility index (Phi) is 3.94. The summed E-state index contributed by atoms with van der Waals surface area (Å²) >= 11 is 0. The van der Waals surface area contributed by atoms with E-state index in [1.807, 2.05) is 0 Å². The van der Waals surface area contributed by atoms with Gasteiger partial charge in [-0.25, -0.2) is 0 Å². The van der Waals surface area contributed by atoms with Crippen LogP contribution in [0.2, 0.25) is 0 Å². The Labute approximate surface area is 112 Å². The molecule has 3 nitrogen and oxygen atoms in total. The van der Waals surface area contributed by atoms with Crippen LogP contribution in [0.25, 0.3) is 0 Å². The van der Waals surface area contributed by atoms with E-state index in [1.54, 1.807) is 0 Å². The highest BCUT2D eigenvalue weighted by Crippen LogP contribution is 2.30. The summed E-state index contributed by atoms with van der Waals surface area (Å²) in [6, 6.07) is 6.06. The van der Waals surface area contributed by atoms with Gasteiger partial charge in [0.1, 0.15) is 11.9 Å². The highest BCUT2D eigenvalue weighted by atomic mass is 19.4. The van der Waals surface area contributed by atoms with Crippen molar-refractivity contribution in [3.63, 3.8) is 0 Å². The van der Waals surface area contributed by atoms with E-state index in [-0.39, 0.29) is 17.7 Å². The number of halogens is 3. The van der Waals surface area contributed by atoms with Gasteiger partial charge < -0.3 is 9.52 Å². The largest absolute Gasteiger partial charge is 0.466 e. The second-order valence-electron chi connectivity index (χ2n) is 4.28. The van der Waals surface area contributed by atoms with Crippen LogP contribution < -0.4 is 0 Å². The highest BCUT2D eigenvalue weighted by Gasteiger charge is 2.30. The van der Waals surface area contributed by atoms with E-state index < -0.39 is 17.8 Å². The molecule has 1 N–H and O–H groups in total. The van der Waals surface area contributed by atoms with Gasteiger partial charge in [-0.1, -0.05) is 18.2 Å². The maximum Gasteiger partial charge on any atom is 0.416 e. The molecule has 0 saturated heterocycles. The number of rotatable bonds is 4. The summed E-state index contributed by atoms with van der Waals surface area (Å²) in [5, 5.41) is 9.93. The number of carbonyl (C=O) groups excluding carboxylic acids is 1. The van der Waals surface area contributed by atoms with Gasteiger partial charge in [0.05, 0.1) is 17.4 Å². The molecular weight excluding hydrogens is 273 g/mol. The smallest absolute Gasteiger partial charge is 0.416 e. The monoisotopic (exact) mass is 284 g/mol. The van der Waals surface area contributed by atoms with Crippen molar-refractivity contribution in [1.29, 1.82) is 0 Å². The molecule has 0 aliphatic rings. The van der Waals surface area contributed by atoms with Crippen molar-refractivity contribution in [2.45, 2.75) is 18.7 Å². The minimum absolute atomic E-state index is 0.0532. The molecule has 0 unspecified atom stereocenters. The van der Waals surface area contributed by atoms with Gasteiger partial charge in [-0.15, -0.1) is 0 Å². The van der Waals surface area contributed by atoms with Crippen LogP contribution in [0, 0.1) is 0 Å². The summed E-state index contributed by atoms with van der Waals surface area (Å²) < 4.78 is 42.7. The molecule has 106 valence electrons. The Bertz CT molecular complexity index is 602. The van der Waals surface area contributed by atoms with Crippen LogP contribution in [0.4, 0.5) is 13.2 Å². The van der Waals surface area contributed by atoms with E-state index in [0.717, 1.165) is 12.1 Å². The third-order valence-electron chi connectivity index (χ3n) is 2.84. The second kappa shape index (κ2) is 5.50. The highest BCUT2D eigenvalue weighted by molar-refractivity contribution is 5.76. The molecule has 1 heterocycles.